The second kappa shape index (κ2) is 7.12. The molecule has 2 rings (SSSR count). The highest BCUT2D eigenvalue weighted by atomic mass is 35.5. The van der Waals surface area contributed by atoms with Gasteiger partial charge in [-0.15, -0.1) is 0 Å². The van der Waals surface area contributed by atoms with Crippen LogP contribution in [0.1, 0.15) is 22.3 Å². The molecule has 20 heavy (non-hydrogen) atoms. The molecule has 0 radical (unpaired) electrons. The maximum absolute atomic E-state index is 6.16. The Kier molecular flexibility index (Phi) is 5.47. The van der Waals surface area contributed by atoms with Crippen LogP contribution in [0.3, 0.4) is 0 Å². The van der Waals surface area contributed by atoms with Crippen molar-refractivity contribution in [2.45, 2.75) is 26.8 Å². The van der Waals surface area contributed by atoms with E-state index in [-0.39, 0.29) is 0 Å². The van der Waals surface area contributed by atoms with Crippen LogP contribution >= 0.6 is 23.2 Å². The maximum Gasteiger partial charge on any atom is 0.0453 e. The number of rotatable bonds is 5. The van der Waals surface area contributed by atoms with Crippen molar-refractivity contribution in [2.24, 2.45) is 0 Å². The molecule has 0 saturated carbocycles. The Morgan fingerprint density at radius 2 is 1.75 bits per heavy atom. The van der Waals surface area contributed by atoms with Crippen LogP contribution in [-0.4, -0.2) is 6.54 Å². The van der Waals surface area contributed by atoms with Crippen molar-refractivity contribution in [1.82, 2.24) is 5.32 Å². The summed E-state index contributed by atoms with van der Waals surface area (Å²) in [5, 5.41) is 4.89. The number of halogens is 2. The first kappa shape index (κ1) is 15.4. The fraction of sp³-hybridized carbons (Fsp3) is 0.294. The van der Waals surface area contributed by atoms with Gasteiger partial charge in [0.05, 0.1) is 0 Å². The average molecular weight is 308 g/mol. The Morgan fingerprint density at radius 3 is 2.50 bits per heavy atom. The van der Waals surface area contributed by atoms with E-state index in [0.29, 0.717) is 5.02 Å². The molecule has 1 nitrogen and oxygen atoms in total. The van der Waals surface area contributed by atoms with Crippen LogP contribution < -0.4 is 5.32 Å². The van der Waals surface area contributed by atoms with Crippen LogP contribution in [0.5, 0.6) is 0 Å². The normalized spacial score (nSPS) is 10.8. The van der Waals surface area contributed by atoms with Crippen molar-refractivity contribution in [1.29, 1.82) is 0 Å². The van der Waals surface area contributed by atoms with Gasteiger partial charge in [-0.3, -0.25) is 0 Å². The predicted molar refractivity (Wildman–Crippen MR) is 87.8 cm³/mol. The van der Waals surface area contributed by atoms with E-state index >= 15 is 0 Å². The summed E-state index contributed by atoms with van der Waals surface area (Å²) in [6.45, 7) is 6.05. The fourth-order valence-electron chi connectivity index (χ4n) is 2.16. The molecule has 0 heterocycles. The molecule has 0 amide bonds. The SMILES string of the molecule is Cc1ccc(C)c(CNCCc2ccc(Cl)cc2Cl)c1. The van der Waals surface area contributed by atoms with E-state index in [2.05, 4.69) is 37.4 Å². The lowest BCUT2D eigenvalue weighted by Gasteiger charge is -2.10. The van der Waals surface area contributed by atoms with E-state index in [9.17, 15) is 0 Å². The van der Waals surface area contributed by atoms with Crippen LogP contribution in [-0.2, 0) is 13.0 Å². The van der Waals surface area contributed by atoms with Gasteiger partial charge in [-0.2, -0.15) is 0 Å². The van der Waals surface area contributed by atoms with Crippen molar-refractivity contribution in [3.8, 4) is 0 Å². The maximum atomic E-state index is 6.16. The zero-order chi connectivity index (χ0) is 14.5. The molecule has 106 valence electrons. The molecule has 0 saturated heterocycles. The van der Waals surface area contributed by atoms with Gasteiger partial charge in [-0.05, 0) is 55.6 Å². The quantitative estimate of drug-likeness (QED) is 0.771. The summed E-state index contributed by atoms with van der Waals surface area (Å²) in [4.78, 5) is 0. The standard InChI is InChI=1S/C17H19Cl2N/c1-12-3-4-13(2)15(9-12)11-20-8-7-14-5-6-16(18)10-17(14)19/h3-6,9-10,20H,7-8,11H2,1-2H3. The molecule has 0 aliphatic rings. The van der Waals surface area contributed by atoms with Crippen LogP contribution in [0, 0.1) is 13.8 Å². The highest BCUT2D eigenvalue weighted by Gasteiger charge is 2.02. The van der Waals surface area contributed by atoms with Crippen LogP contribution in [0.25, 0.3) is 0 Å². The predicted octanol–water partition coefficient (Wildman–Crippen LogP) is 4.94. The van der Waals surface area contributed by atoms with Gasteiger partial charge < -0.3 is 5.32 Å². The van der Waals surface area contributed by atoms with E-state index in [1.54, 1.807) is 6.07 Å². The van der Waals surface area contributed by atoms with Gasteiger partial charge in [0.1, 0.15) is 0 Å². The minimum atomic E-state index is 0.682. The summed E-state index contributed by atoms with van der Waals surface area (Å²) in [6.07, 6.45) is 0.904. The highest BCUT2D eigenvalue weighted by molar-refractivity contribution is 6.35. The lowest BCUT2D eigenvalue weighted by molar-refractivity contribution is 0.684. The van der Waals surface area contributed by atoms with Crippen molar-refractivity contribution in [3.05, 3.63) is 68.7 Å². The molecule has 3 heteroatoms. The third-order valence-corrected chi connectivity index (χ3v) is 3.99. The highest BCUT2D eigenvalue weighted by Crippen LogP contribution is 2.21. The van der Waals surface area contributed by atoms with E-state index < -0.39 is 0 Å². The molecule has 0 aromatic heterocycles. The molecular weight excluding hydrogens is 289 g/mol. The monoisotopic (exact) mass is 307 g/mol. The Balaban J connectivity index is 1.86. The number of nitrogens with one attached hydrogen (secondary N) is 1. The molecule has 0 bridgehead atoms. The zero-order valence-electron chi connectivity index (χ0n) is 11.8. The average Bonchev–Trinajstić information content (AvgIpc) is 2.40. The van der Waals surface area contributed by atoms with Crippen molar-refractivity contribution in [2.75, 3.05) is 6.54 Å². The van der Waals surface area contributed by atoms with Gasteiger partial charge in [-0.25, -0.2) is 0 Å². The lowest BCUT2D eigenvalue weighted by atomic mass is 10.1. The molecule has 0 fully saturated rings. The number of aryl methyl sites for hydroxylation is 2. The number of benzene rings is 2. The van der Waals surface area contributed by atoms with Gasteiger partial charge in [0.25, 0.3) is 0 Å². The Hall–Kier alpha value is -1.02. The Bertz CT molecular complexity index is 594. The molecule has 0 spiro atoms. The molecule has 2 aromatic carbocycles. The van der Waals surface area contributed by atoms with Gasteiger partial charge in [-0.1, -0.05) is 53.0 Å². The summed E-state index contributed by atoms with van der Waals surface area (Å²) in [5.74, 6) is 0. The van der Waals surface area contributed by atoms with Crippen molar-refractivity contribution in [3.63, 3.8) is 0 Å². The summed E-state index contributed by atoms with van der Waals surface area (Å²) >= 11 is 12.0. The first-order valence-corrected chi connectivity index (χ1v) is 7.52. The van der Waals surface area contributed by atoms with E-state index in [1.807, 2.05) is 12.1 Å². The first-order chi connectivity index (χ1) is 9.56. The minimum absolute atomic E-state index is 0.682. The van der Waals surface area contributed by atoms with Gasteiger partial charge in [0, 0.05) is 16.6 Å². The van der Waals surface area contributed by atoms with Gasteiger partial charge in [0.15, 0.2) is 0 Å². The largest absolute Gasteiger partial charge is 0.312 e. The van der Waals surface area contributed by atoms with Gasteiger partial charge >= 0.3 is 0 Å². The van der Waals surface area contributed by atoms with E-state index in [4.69, 9.17) is 23.2 Å². The zero-order valence-corrected chi connectivity index (χ0v) is 13.4. The van der Waals surface area contributed by atoms with Crippen LogP contribution in [0.2, 0.25) is 10.0 Å². The van der Waals surface area contributed by atoms with Crippen molar-refractivity contribution < 1.29 is 0 Å². The fourth-order valence-corrected chi connectivity index (χ4v) is 2.66. The molecular formula is C17H19Cl2N. The Labute approximate surface area is 130 Å². The molecule has 0 atom stereocenters. The third kappa shape index (κ3) is 4.24. The molecule has 0 aliphatic heterocycles. The van der Waals surface area contributed by atoms with Crippen LogP contribution in [0.15, 0.2) is 36.4 Å². The molecule has 1 N–H and O–H groups in total. The molecule has 0 aliphatic carbocycles. The molecule has 0 unspecified atom stereocenters. The topological polar surface area (TPSA) is 12.0 Å². The number of hydrogen-bond donors (Lipinski definition) is 1. The minimum Gasteiger partial charge on any atom is -0.312 e. The Morgan fingerprint density at radius 1 is 0.950 bits per heavy atom. The smallest absolute Gasteiger partial charge is 0.0453 e. The summed E-state index contributed by atoms with van der Waals surface area (Å²) < 4.78 is 0. The van der Waals surface area contributed by atoms with E-state index in [0.717, 1.165) is 30.1 Å². The summed E-state index contributed by atoms with van der Waals surface area (Å²) in [6, 6.07) is 12.2. The second-order valence-corrected chi connectivity index (χ2v) is 5.94. The summed E-state index contributed by atoms with van der Waals surface area (Å²) in [5.41, 5.74) is 5.11. The number of hydrogen-bond acceptors (Lipinski definition) is 1. The second-order valence-electron chi connectivity index (χ2n) is 5.09. The lowest BCUT2D eigenvalue weighted by Crippen LogP contribution is -2.17. The van der Waals surface area contributed by atoms with Gasteiger partial charge in [0.2, 0.25) is 0 Å². The van der Waals surface area contributed by atoms with Crippen molar-refractivity contribution >= 4 is 23.2 Å². The molecule has 2 aromatic rings. The van der Waals surface area contributed by atoms with Crippen LogP contribution in [0.4, 0.5) is 0 Å². The summed E-state index contributed by atoms with van der Waals surface area (Å²) in [7, 11) is 0. The first-order valence-electron chi connectivity index (χ1n) is 6.77. The third-order valence-electron chi connectivity index (χ3n) is 3.41. The van der Waals surface area contributed by atoms with E-state index in [1.165, 1.54) is 16.7 Å².